The second kappa shape index (κ2) is 25.4. The zero-order valence-electron chi connectivity index (χ0n) is 68.5. The molecule has 17 aromatic carbocycles. The van der Waals surface area contributed by atoms with E-state index in [4.69, 9.17) is 0 Å². The van der Waals surface area contributed by atoms with Crippen molar-refractivity contribution in [3.63, 3.8) is 0 Å². The third-order valence-corrected chi connectivity index (χ3v) is 27.5. The van der Waals surface area contributed by atoms with Crippen molar-refractivity contribution in [1.29, 1.82) is 0 Å². The Morgan fingerprint density at radius 3 is 0.922 bits per heavy atom. The molecule has 2 aliphatic carbocycles. The summed E-state index contributed by atoms with van der Waals surface area (Å²) < 4.78 is 0. The minimum Gasteiger partial charge on any atom is -0.365 e. The van der Waals surface area contributed by atoms with Crippen LogP contribution in [0.3, 0.4) is 0 Å². The number of benzene rings is 17. The fourth-order valence-electron chi connectivity index (χ4n) is 21.9. The van der Waals surface area contributed by atoms with Crippen LogP contribution < -0.4 is 31.1 Å². The molecule has 2 saturated carbocycles. The average molecular weight is 1480 g/mol. The number of anilines is 7. The van der Waals surface area contributed by atoms with Gasteiger partial charge in [-0.3, -0.25) is 0 Å². The van der Waals surface area contributed by atoms with Crippen molar-refractivity contribution >= 4 is 128 Å². The molecule has 4 heterocycles. The van der Waals surface area contributed by atoms with Gasteiger partial charge in [0.2, 0.25) is 0 Å². The van der Waals surface area contributed by atoms with Gasteiger partial charge in [0.15, 0.2) is 0 Å². The Kier molecular flexibility index (Phi) is 15.4. The van der Waals surface area contributed by atoms with Crippen LogP contribution in [0, 0.1) is 11.8 Å². The van der Waals surface area contributed by atoms with Gasteiger partial charge in [-0.2, -0.15) is 0 Å². The summed E-state index contributed by atoms with van der Waals surface area (Å²) in [6, 6.07) is 116. The fraction of sp³-hybridized carbons (Fsp3) is 0.225. The number of hydrogen-bond donors (Lipinski definition) is 0. The molecule has 2 saturated heterocycles. The van der Waals surface area contributed by atoms with Crippen LogP contribution in [0.25, 0.3) is 131 Å². The van der Waals surface area contributed by atoms with E-state index >= 15 is 0 Å². The lowest BCUT2D eigenvalue weighted by Gasteiger charge is -2.58. The summed E-state index contributed by atoms with van der Waals surface area (Å²) in [5.41, 5.74) is 31.8. The molecule has 0 amide bonds. The fourth-order valence-corrected chi connectivity index (χ4v) is 21.9. The molecule has 0 atom stereocenters. The highest BCUT2D eigenvalue weighted by Crippen LogP contribution is 2.59. The lowest BCUT2D eigenvalue weighted by Crippen LogP contribution is -2.62. The number of rotatable bonds is 9. The summed E-state index contributed by atoms with van der Waals surface area (Å²) in [4.78, 5) is 8.63. The molecule has 0 radical (unpaired) electrons. The molecule has 0 spiro atoms. The summed E-state index contributed by atoms with van der Waals surface area (Å²) in [6.45, 7) is 28.3. The minimum absolute atomic E-state index is 0.0655. The van der Waals surface area contributed by atoms with Crippen LogP contribution in [-0.4, -0.2) is 18.8 Å². The topological polar surface area (TPSA) is 9.72 Å². The summed E-state index contributed by atoms with van der Waals surface area (Å²) in [6.07, 6.45) is 6.31. The van der Waals surface area contributed by atoms with Crippen molar-refractivity contribution in [3.05, 3.63) is 313 Å². The van der Waals surface area contributed by atoms with Gasteiger partial charge in [0.25, 0.3) is 6.71 Å². The van der Waals surface area contributed by atoms with Gasteiger partial charge in [-0.05, 0) is 262 Å². The predicted molar refractivity (Wildman–Crippen MR) is 495 cm³/mol. The van der Waals surface area contributed by atoms with Crippen molar-refractivity contribution in [1.82, 2.24) is 0 Å². The van der Waals surface area contributed by atoms with Crippen molar-refractivity contribution in [2.24, 2.45) is 11.8 Å². The van der Waals surface area contributed by atoms with E-state index in [1.165, 1.54) is 242 Å². The number of hydrogen-bond acceptors (Lipinski definition) is 3. The van der Waals surface area contributed by atoms with Crippen LogP contribution in [0.1, 0.15) is 137 Å². The Balaban J connectivity index is 0.909. The average Bonchev–Trinajstić information content (AvgIpc) is 0.677. The van der Waals surface area contributed by atoms with E-state index in [-0.39, 0.29) is 28.4 Å². The van der Waals surface area contributed by atoms with Crippen molar-refractivity contribution < 1.29 is 0 Å². The smallest absolute Gasteiger partial charge is 0.252 e. The van der Waals surface area contributed by atoms with Gasteiger partial charge < -0.3 is 14.7 Å². The van der Waals surface area contributed by atoms with Crippen LogP contribution in [0.5, 0.6) is 0 Å². The van der Waals surface area contributed by atoms with E-state index in [0.717, 1.165) is 11.8 Å². The standard InChI is InChI=1S/C111H98BN3/c1-108(2,3)80-52-74-39-41-76-54-82(110(7,8)9)62-93-91(58-78(56-80)101(74)103(76)93)72-43-45-95-97(60-72)114(106-87(68-27-17-13-18-28-68)35-25-36-88(106)69-29-19-14-20-30-69)99-64-86(113-84-48-66-47-67(50-84)51-85(113)49-66)65-100-105(99)112(95)96-46-44-73(61-98(96)115(100)107-89(70-31-21-15-22-32-70)37-26-38-90(107)71-33-23-16-24-34-71)92-59-79-57-81(109(4,5)6)53-75-40-42-77-55-83(111(10,11)12)63-94(92)104(77)102(75)79/h13-46,52-67,84-85H,47-51H2,1-12H3. The Labute approximate surface area is 678 Å². The molecule has 3 nitrogen and oxygen atoms in total. The molecular weight excluding hydrogens is 1390 g/mol. The molecule has 115 heavy (non-hydrogen) atoms. The molecule has 0 unspecified atom stereocenters. The van der Waals surface area contributed by atoms with E-state index in [9.17, 15) is 0 Å². The molecule has 4 bridgehead atoms. The monoisotopic (exact) mass is 1480 g/mol. The van der Waals surface area contributed by atoms with E-state index < -0.39 is 0 Å². The molecular formula is C111H98BN3. The summed E-state index contributed by atoms with van der Waals surface area (Å²) in [5.74, 6) is 1.52. The number of piperidine rings is 2. The number of nitrogens with zero attached hydrogens (tertiary/aromatic N) is 3. The van der Waals surface area contributed by atoms with Crippen LogP contribution >= 0.6 is 0 Å². The second-order valence-electron chi connectivity index (χ2n) is 38.9. The highest BCUT2D eigenvalue weighted by molar-refractivity contribution is 7.00. The predicted octanol–water partition coefficient (Wildman–Crippen LogP) is 28.5. The third kappa shape index (κ3) is 11.1. The van der Waals surface area contributed by atoms with Crippen molar-refractivity contribution in [2.75, 3.05) is 14.7 Å². The Morgan fingerprint density at radius 1 is 0.261 bits per heavy atom. The number of fused-ring (bicyclic) bond motifs is 4. The maximum Gasteiger partial charge on any atom is 0.252 e. The first-order valence-corrected chi connectivity index (χ1v) is 42.4. The lowest BCUT2D eigenvalue weighted by atomic mass is 9.33. The first-order chi connectivity index (χ1) is 55.5. The number of para-hydroxylation sites is 2. The molecule has 4 heteroatoms. The van der Waals surface area contributed by atoms with E-state index in [2.05, 4.69) is 389 Å². The van der Waals surface area contributed by atoms with Crippen molar-refractivity contribution in [3.8, 4) is 66.8 Å². The Morgan fingerprint density at radius 2 is 0.583 bits per heavy atom. The van der Waals surface area contributed by atoms with Crippen LogP contribution in [0.2, 0.25) is 0 Å². The summed E-state index contributed by atoms with van der Waals surface area (Å²) in [5, 5.41) is 15.7. The summed E-state index contributed by atoms with van der Waals surface area (Å²) in [7, 11) is 0. The maximum absolute atomic E-state index is 2.99. The molecule has 6 aliphatic rings. The lowest BCUT2D eigenvalue weighted by molar-refractivity contribution is 0.0900. The van der Waals surface area contributed by atoms with Gasteiger partial charge in [-0.25, -0.2) is 0 Å². The SMILES string of the molecule is CC(C)(C)c1cc2ccc3cc(C(C)(C)C)cc4c(-c5ccc6c(c5)N(c5c(-c7ccccc7)cccc5-c5ccccc5)c5cc(N7C8CC9CC(C8)CC7C9)cc7c5B6c5ccc(-c6cc8cc(C(C)(C)C)cc9ccc%10cc(C(C)(C)C)cc6c%10c98)cc5N7c5c(-c6ccccc6)cccc5-c5ccccc5)cc(c1)c2c34. The van der Waals surface area contributed by atoms with E-state index in [1.807, 2.05) is 0 Å². The Bertz CT molecular complexity index is 6290. The van der Waals surface area contributed by atoms with Crippen LogP contribution in [0.4, 0.5) is 39.8 Å². The van der Waals surface area contributed by atoms with Crippen LogP contribution in [0.15, 0.2) is 291 Å². The van der Waals surface area contributed by atoms with Gasteiger partial charge in [-0.15, -0.1) is 0 Å². The minimum atomic E-state index is -0.221. The van der Waals surface area contributed by atoms with E-state index in [1.54, 1.807) is 0 Å². The second-order valence-corrected chi connectivity index (χ2v) is 38.9. The maximum atomic E-state index is 2.99. The highest BCUT2D eigenvalue weighted by Gasteiger charge is 2.50. The molecule has 4 fully saturated rings. The van der Waals surface area contributed by atoms with Crippen molar-refractivity contribution in [2.45, 2.75) is 149 Å². The van der Waals surface area contributed by atoms with Gasteiger partial charge in [0.05, 0.1) is 11.4 Å². The molecule has 0 aromatic heterocycles. The normalized spacial score (nSPS) is 17.3. The van der Waals surface area contributed by atoms with Gasteiger partial charge >= 0.3 is 0 Å². The zero-order valence-corrected chi connectivity index (χ0v) is 68.5. The third-order valence-electron chi connectivity index (χ3n) is 27.5. The van der Waals surface area contributed by atoms with Gasteiger partial charge in [0.1, 0.15) is 0 Å². The molecule has 4 aliphatic heterocycles. The molecule has 560 valence electrons. The summed E-state index contributed by atoms with van der Waals surface area (Å²) >= 11 is 0. The van der Waals surface area contributed by atoms with Crippen LogP contribution in [-0.2, 0) is 21.7 Å². The first-order valence-electron chi connectivity index (χ1n) is 42.4. The molecule has 23 rings (SSSR count). The van der Waals surface area contributed by atoms with E-state index in [0.29, 0.717) is 12.1 Å². The highest BCUT2D eigenvalue weighted by atomic mass is 15.2. The first kappa shape index (κ1) is 70.0. The van der Waals surface area contributed by atoms with Gasteiger partial charge in [-0.1, -0.05) is 326 Å². The van der Waals surface area contributed by atoms with Gasteiger partial charge in [0, 0.05) is 62.8 Å². The Hall–Kier alpha value is -11.7. The zero-order chi connectivity index (χ0) is 78.0. The molecule has 17 aromatic rings. The molecule has 0 N–H and O–H groups in total. The largest absolute Gasteiger partial charge is 0.365 e. The quantitative estimate of drug-likeness (QED) is 0.105.